The van der Waals surface area contributed by atoms with Crippen LogP contribution in [-0.2, 0) is 10.2 Å². The fourth-order valence-corrected chi connectivity index (χ4v) is 4.11. The van der Waals surface area contributed by atoms with Crippen molar-refractivity contribution in [2.24, 2.45) is 11.0 Å². The van der Waals surface area contributed by atoms with Crippen LogP contribution < -0.4 is 10.2 Å². The molecule has 3 aromatic rings. The van der Waals surface area contributed by atoms with Crippen LogP contribution in [0.15, 0.2) is 71.1 Å². The number of benzene rings is 2. The Balaban J connectivity index is 1.26. The lowest BCUT2D eigenvalue weighted by atomic mass is 9.86. The number of hydrogen-bond donors (Lipinski definition) is 1. The molecule has 0 bridgehead atoms. The van der Waals surface area contributed by atoms with Crippen molar-refractivity contribution in [2.45, 2.75) is 38.5 Å². The first kappa shape index (κ1) is 22.0. The van der Waals surface area contributed by atoms with Crippen LogP contribution in [0.1, 0.15) is 59.5 Å². The molecule has 1 aromatic heterocycles. The number of carbonyl (C=O) groups excluding carboxylic acids is 2. The van der Waals surface area contributed by atoms with Crippen LogP contribution in [0, 0.1) is 5.92 Å². The maximum absolute atomic E-state index is 12.4. The second-order valence-electron chi connectivity index (χ2n) is 8.99. The smallest absolute Gasteiger partial charge is 0.353 e. The zero-order chi connectivity index (χ0) is 22.7. The molecule has 1 fully saturated rings. The number of ether oxygens (including phenoxy) is 1. The summed E-state index contributed by atoms with van der Waals surface area (Å²) in [5.41, 5.74) is 6.06. The molecule has 164 valence electrons. The quantitative estimate of drug-likeness (QED) is 0.235. The molecular weight excluding hydrogens is 420 g/mol. The fourth-order valence-electron chi connectivity index (χ4n) is 3.51. The zero-order valence-corrected chi connectivity index (χ0v) is 19.2. The van der Waals surface area contributed by atoms with Crippen LogP contribution in [0.25, 0.3) is 0 Å². The van der Waals surface area contributed by atoms with Gasteiger partial charge in [0.1, 0.15) is 10.6 Å². The molecule has 1 heterocycles. The average molecular weight is 447 g/mol. The maximum atomic E-state index is 12.4. The summed E-state index contributed by atoms with van der Waals surface area (Å²) in [4.78, 5) is 24.9. The lowest BCUT2D eigenvalue weighted by molar-refractivity contribution is -0.122. The van der Waals surface area contributed by atoms with Crippen LogP contribution in [0.3, 0.4) is 0 Å². The van der Waals surface area contributed by atoms with E-state index in [2.05, 4.69) is 55.6 Å². The van der Waals surface area contributed by atoms with E-state index in [0.29, 0.717) is 10.6 Å². The number of nitrogens with zero attached hydrogens (tertiary/aromatic N) is 1. The van der Waals surface area contributed by atoms with Crippen molar-refractivity contribution >= 4 is 29.4 Å². The summed E-state index contributed by atoms with van der Waals surface area (Å²) in [5.74, 6) is 0.249. The highest BCUT2D eigenvalue weighted by atomic mass is 32.1. The summed E-state index contributed by atoms with van der Waals surface area (Å²) in [6, 6.07) is 19.1. The monoisotopic (exact) mass is 446 g/mol. The minimum atomic E-state index is -0.374. The Hall–Kier alpha value is -3.25. The van der Waals surface area contributed by atoms with Gasteiger partial charge in [0.15, 0.2) is 0 Å². The van der Waals surface area contributed by atoms with Crippen molar-refractivity contribution in [3.8, 4) is 5.75 Å². The highest BCUT2D eigenvalue weighted by Crippen LogP contribution is 2.47. The molecule has 1 N–H and O–H groups in total. The molecule has 2 aromatic carbocycles. The number of carbonyl (C=O) groups is 2. The van der Waals surface area contributed by atoms with Crippen LogP contribution >= 0.6 is 11.3 Å². The summed E-state index contributed by atoms with van der Waals surface area (Å²) in [6.07, 6.45) is 2.43. The third-order valence-electron chi connectivity index (χ3n) is 5.53. The van der Waals surface area contributed by atoms with Gasteiger partial charge in [0.25, 0.3) is 0 Å². The molecule has 1 aliphatic rings. The van der Waals surface area contributed by atoms with E-state index in [4.69, 9.17) is 4.74 Å². The first-order chi connectivity index (χ1) is 15.3. The van der Waals surface area contributed by atoms with Crippen molar-refractivity contribution in [2.75, 3.05) is 0 Å². The maximum Gasteiger partial charge on any atom is 0.353 e. The Morgan fingerprint density at radius 3 is 2.41 bits per heavy atom. The molecule has 0 saturated heterocycles. The molecular formula is C26H26N2O3S. The summed E-state index contributed by atoms with van der Waals surface area (Å²) >= 11 is 1.34. The van der Waals surface area contributed by atoms with Crippen molar-refractivity contribution in [3.05, 3.63) is 87.6 Å². The molecule has 1 aliphatic carbocycles. The predicted molar refractivity (Wildman–Crippen MR) is 127 cm³/mol. The van der Waals surface area contributed by atoms with Crippen LogP contribution in [0.4, 0.5) is 0 Å². The predicted octanol–water partition coefficient (Wildman–Crippen LogP) is 5.52. The number of esters is 1. The first-order valence-electron chi connectivity index (χ1n) is 10.6. The van der Waals surface area contributed by atoms with E-state index in [9.17, 15) is 9.59 Å². The molecule has 1 amide bonds. The van der Waals surface area contributed by atoms with Gasteiger partial charge in [-0.15, -0.1) is 11.3 Å². The van der Waals surface area contributed by atoms with E-state index in [-0.39, 0.29) is 29.1 Å². The average Bonchev–Trinajstić information content (AvgIpc) is 3.38. The number of thiophene rings is 1. The second kappa shape index (κ2) is 9.09. The van der Waals surface area contributed by atoms with Gasteiger partial charge >= 0.3 is 5.97 Å². The molecule has 0 spiro atoms. The van der Waals surface area contributed by atoms with Crippen molar-refractivity contribution in [1.29, 1.82) is 0 Å². The molecule has 4 rings (SSSR count). The second-order valence-corrected chi connectivity index (χ2v) is 9.94. The number of hydrazone groups is 1. The minimum Gasteiger partial charge on any atom is -0.422 e. The largest absolute Gasteiger partial charge is 0.422 e. The zero-order valence-electron chi connectivity index (χ0n) is 18.4. The third-order valence-corrected chi connectivity index (χ3v) is 6.38. The molecule has 1 saturated carbocycles. The highest BCUT2D eigenvalue weighted by Gasteiger charge is 2.44. The topological polar surface area (TPSA) is 67.8 Å². The molecule has 2 atom stereocenters. The molecule has 0 aliphatic heterocycles. The minimum absolute atomic E-state index is 0.0355. The van der Waals surface area contributed by atoms with Gasteiger partial charge < -0.3 is 4.74 Å². The van der Waals surface area contributed by atoms with Crippen LogP contribution in [0.2, 0.25) is 0 Å². The van der Waals surface area contributed by atoms with Gasteiger partial charge in [0.05, 0.1) is 6.21 Å². The van der Waals surface area contributed by atoms with Gasteiger partial charge in [-0.05, 0) is 70.2 Å². The Bertz CT molecular complexity index is 1110. The number of hydrogen-bond acceptors (Lipinski definition) is 5. The summed E-state index contributed by atoms with van der Waals surface area (Å²) in [5, 5.41) is 5.91. The molecule has 5 nitrogen and oxygen atoms in total. The number of rotatable bonds is 6. The Labute approximate surface area is 192 Å². The number of nitrogens with one attached hydrogen (secondary N) is 1. The van der Waals surface area contributed by atoms with E-state index < -0.39 is 0 Å². The Morgan fingerprint density at radius 1 is 1.06 bits per heavy atom. The molecule has 2 unspecified atom stereocenters. The highest BCUT2D eigenvalue weighted by molar-refractivity contribution is 7.12. The van der Waals surface area contributed by atoms with Crippen molar-refractivity contribution in [1.82, 2.24) is 5.43 Å². The van der Waals surface area contributed by atoms with Gasteiger partial charge in [-0.3, -0.25) is 4.79 Å². The van der Waals surface area contributed by atoms with Crippen molar-refractivity contribution < 1.29 is 14.3 Å². The fraction of sp³-hybridized carbons (Fsp3) is 0.269. The third kappa shape index (κ3) is 5.32. The van der Waals surface area contributed by atoms with Gasteiger partial charge in [-0.1, -0.05) is 51.1 Å². The molecule has 6 heteroatoms. The normalized spacial score (nSPS) is 17.8. The Kier molecular flexibility index (Phi) is 6.24. The van der Waals surface area contributed by atoms with E-state index in [1.54, 1.807) is 36.5 Å². The van der Waals surface area contributed by atoms with Crippen LogP contribution in [0.5, 0.6) is 5.75 Å². The molecule has 32 heavy (non-hydrogen) atoms. The van der Waals surface area contributed by atoms with E-state index in [0.717, 1.165) is 12.0 Å². The van der Waals surface area contributed by atoms with E-state index >= 15 is 0 Å². The van der Waals surface area contributed by atoms with Crippen LogP contribution in [-0.4, -0.2) is 18.1 Å². The Morgan fingerprint density at radius 2 is 1.78 bits per heavy atom. The summed E-state index contributed by atoms with van der Waals surface area (Å²) in [6.45, 7) is 6.58. The van der Waals surface area contributed by atoms with E-state index in [1.807, 2.05) is 11.4 Å². The van der Waals surface area contributed by atoms with Gasteiger partial charge in [0, 0.05) is 5.92 Å². The lowest BCUT2D eigenvalue weighted by Crippen LogP contribution is -2.20. The molecule has 0 radical (unpaired) electrons. The lowest BCUT2D eigenvalue weighted by Gasteiger charge is -2.19. The summed E-state index contributed by atoms with van der Waals surface area (Å²) < 4.78 is 5.33. The van der Waals surface area contributed by atoms with Gasteiger partial charge in [0.2, 0.25) is 5.91 Å². The summed E-state index contributed by atoms with van der Waals surface area (Å²) in [7, 11) is 0. The van der Waals surface area contributed by atoms with E-state index in [1.165, 1.54) is 22.5 Å². The SMILES string of the molecule is CC(C)(C)c1ccc(C2CC2C(=O)N/N=C/c2ccc(OC(=O)c3cccs3)cc2)cc1. The van der Waals surface area contributed by atoms with Gasteiger partial charge in [-0.25, -0.2) is 10.2 Å². The number of amides is 1. The first-order valence-corrected chi connectivity index (χ1v) is 11.5. The van der Waals surface area contributed by atoms with Gasteiger partial charge in [-0.2, -0.15) is 5.10 Å². The standard InChI is InChI=1S/C26H26N2O3S/c1-26(2,3)19-10-8-18(9-11-19)21-15-22(21)24(29)28-27-16-17-6-12-20(13-7-17)31-25(30)23-5-4-14-32-23/h4-14,16,21-22H,15H2,1-3H3,(H,28,29)/b27-16+. The van der Waals surface area contributed by atoms with Crippen molar-refractivity contribution in [3.63, 3.8) is 0 Å².